The number of aromatic nitrogens is 2. The van der Waals surface area contributed by atoms with Gasteiger partial charge in [0, 0.05) is 55.7 Å². The fourth-order valence-corrected chi connectivity index (χ4v) is 3.84. The molecule has 0 fully saturated rings. The van der Waals surface area contributed by atoms with Crippen molar-refractivity contribution in [2.75, 3.05) is 20.1 Å². The number of nitrogens with zero attached hydrogens (tertiary/aromatic N) is 4. The summed E-state index contributed by atoms with van der Waals surface area (Å²) in [5.41, 5.74) is 3.07. The Kier molecular flexibility index (Phi) is 5.24. The van der Waals surface area contributed by atoms with E-state index >= 15 is 0 Å². The van der Waals surface area contributed by atoms with Crippen LogP contribution in [0.3, 0.4) is 0 Å². The van der Waals surface area contributed by atoms with E-state index in [9.17, 15) is 14.5 Å². The Morgan fingerprint density at radius 3 is 2.61 bits per heavy atom. The minimum absolute atomic E-state index is 0.156. The monoisotopic (exact) mass is 418 g/mol. The largest absolute Gasteiger partial charge is 0.357 e. The van der Waals surface area contributed by atoms with Gasteiger partial charge in [0.1, 0.15) is 0 Å². The van der Waals surface area contributed by atoms with Gasteiger partial charge in [-0.25, -0.2) is 9.78 Å². The van der Waals surface area contributed by atoms with Crippen molar-refractivity contribution in [1.82, 2.24) is 25.2 Å². The highest BCUT2D eigenvalue weighted by molar-refractivity contribution is 6.24. The zero-order valence-corrected chi connectivity index (χ0v) is 17.5. The number of nitrogens with one attached hydrogen (secondary N) is 2. The molecule has 0 atom stereocenters. The molecule has 4 aromatic rings. The molecule has 0 saturated heterocycles. The molecule has 31 heavy (non-hydrogen) atoms. The quantitative estimate of drug-likeness (QED) is 0.295. The predicted octanol–water partition coefficient (Wildman–Crippen LogP) is 3.24. The van der Waals surface area contributed by atoms with Crippen LogP contribution in [0.5, 0.6) is 0 Å². The molecule has 9 heteroatoms. The maximum atomic E-state index is 13.2. The Labute approximate surface area is 178 Å². The van der Waals surface area contributed by atoms with Gasteiger partial charge in [0.05, 0.1) is 21.9 Å². The Hall–Kier alpha value is -4.01. The van der Waals surface area contributed by atoms with Gasteiger partial charge in [0.2, 0.25) is 0 Å². The lowest BCUT2D eigenvalue weighted by atomic mass is 9.95. The van der Waals surface area contributed by atoms with Crippen molar-refractivity contribution in [1.29, 1.82) is 0 Å². The number of carbonyl (C=O) groups excluding carboxylic acids is 2. The summed E-state index contributed by atoms with van der Waals surface area (Å²) in [6.45, 7) is 2.39. The maximum Gasteiger partial charge on any atom is 0.340 e. The lowest BCUT2D eigenvalue weighted by molar-refractivity contribution is 0.0956. The molecule has 0 bridgehead atoms. The predicted molar refractivity (Wildman–Crippen MR) is 120 cm³/mol. The molecular formula is C22H22N6O3. The zero-order valence-electron chi connectivity index (χ0n) is 17.5. The van der Waals surface area contributed by atoms with Crippen LogP contribution in [0, 0.1) is 11.8 Å². The number of urea groups is 1. The fraction of sp³-hybridized carbons (Fsp3) is 0.227. The molecule has 2 N–H and O–H groups in total. The highest BCUT2D eigenvalue weighted by atomic mass is 16.3. The SMILES string of the molecule is Cc1c2cn(C)ccc2c(C(=O)NCCNC(=O)N(C)N=O)c2nc3ccccc3c12. The van der Waals surface area contributed by atoms with Crippen molar-refractivity contribution < 1.29 is 9.59 Å². The van der Waals surface area contributed by atoms with E-state index in [-0.39, 0.29) is 19.0 Å². The second kappa shape index (κ2) is 8.02. The molecule has 0 aliphatic heterocycles. The van der Waals surface area contributed by atoms with Crippen LogP contribution in [-0.4, -0.2) is 46.6 Å². The number of carbonyl (C=O) groups is 2. The first-order valence-electron chi connectivity index (χ1n) is 9.82. The van der Waals surface area contributed by atoms with Crippen LogP contribution in [-0.2, 0) is 7.05 Å². The minimum atomic E-state index is -0.635. The number of fused-ring (bicyclic) bond motifs is 4. The Morgan fingerprint density at radius 2 is 1.84 bits per heavy atom. The third-order valence-electron chi connectivity index (χ3n) is 5.36. The number of nitroso groups, excluding NO2 is 1. The van der Waals surface area contributed by atoms with Gasteiger partial charge in [-0.05, 0) is 30.0 Å². The lowest BCUT2D eigenvalue weighted by Gasteiger charge is -2.14. The molecule has 0 aliphatic carbocycles. The Bertz CT molecular complexity index is 1340. The van der Waals surface area contributed by atoms with Gasteiger partial charge in [-0.3, -0.25) is 4.79 Å². The molecule has 3 amide bonds. The van der Waals surface area contributed by atoms with Crippen molar-refractivity contribution in [2.45, 2.75) is 6.92 Å². The van der Waals surface area contributed by atoms with Crippen molar-refractivity contribution in [3.63, 3.8) is 0 Å². The Morgan fingerprint density at radius 1 is 1.10 bits per heavy atom. The molecule has 0 unspecified atom stereocenters. The molecule has 0 radical (unpaired) electrons. The van der Waals surface area contributed by atoms with Gasteiger partial charge in [-0.2, -0.15) is 5.01 Å². The lowest BCUT2D eigenvalue weighted by Crippen LogP contribution is -2.39. The molecule has 0 spiro atoms. The summed E-state index contributed by atoms with van der Waals surface area (Å²) in [5, 5.41) is 12.3. The third kappa shape index (κ3) is 3.54. The first-order chi connectivity index (χ1) is 14.9. The van der Waals surface area contributed by atoms with Crippen molar-refractivity contribution in [2.24, 2.45) is 12.3 Å². The van der Waals surface area contributed by atoms with Crippen molar-refractivity contribution in [3.05, 3.63) is 58.8 Å². The minimum Gasteiger partial charge on any atom is -0.357 e. The molecule has 158 valence electrons. The third-order valence-corrected chi connectivity index (χ3v) is 5.36. The molecule has 2 aromatic carbocycles. The summed E-state index contributed by atoms with van der Waals surface area (Å²) in [5.74, 6) is -0.275. The molecule has 2 heterocycles. The van der Waals surface area contributed by atoms with E-state index in [0.717, 1.165) is 32.6 Å². The molecule has 4 rings (SSSR count). The first-order valence-corrected chi connectivity index (χ1v) is 9.82. The smallest absolute Gasteiger partial charge is 0.340 e. The van der Waals surface area contributed by atoms with Gasteiger partial charge in [-0.1, -0.05) is 18.2 Å². The van der Waals surface area contributed by atoms with Crippen LogP contribution in [0.4, 0.5) is 4.79 Å². The first kappa shape index (κ1) is 20.3. The number of hydrogen-bond donors (Lipinski definition) is 2. The number of benzene rings is 2. The number of hydrogen-bond acceptors (Lipinski definition) is 5. The zero-order chi connectivity index (χ0) is 22.1. The topological polar surface area (TPSA) is 109 Å². The molecular weight excluding hydrogens is 396 g/mol. The molecule has 9 nitrogen and oxygen atoms in total. The molecule has 2 aromatic heterocycles. The van der Waals surface area contributed by atoms with E-state index in [0.29, 0.717) is 16.1 Å². The summed E-state index contributed by atoms with van der Waals surface area (Å²) in [6, 6.07) is 9.13. The van der Waals surface area contributed by atoms with Crippen LogP contribution in [0.25, 0.3) is 32.6 Å². The van der Waals surface area contributed by atoms with Gasteiger partial charge in [-0.15, -0.1) is 4.91 Å². The maximum absolute atomic E-state index is 13.2. The van der Waals surface area contributed by atoms with E-state index in [1.807, 2.05) is 61.3 Å². The van der Waals surface area contributed by atoms with Gasteiger partial charge < -0.3 is 15.2 Å². The van der Waals surface area contributed by atoms with E-state index in [1.165, 1.54) is 7.05 Å². The summed E-state index contributed by atoms with van der Waals surface area (Å²) < 4.78 is 1.95. The van der Waals surface area contributed by atoms with Crippen LogP contribution >= 0.6 is 0 Å². The average Bonchev–Trinajstić information content (AvgIpc) is 3.15. The number of para-hydroxylation sites is 1. The number of aryl methyl sites for hydroxylation is 2. The summed E-state index contributed by atoms with van der Waals surface area (Å²) in [6.07, 6.45) is 3.90. The van der Waals surface area contributed by atoms with Crippen molar-refractivity contribution >= 4 is 44.5 Å². The van der Waals surface area contributed by atoms with E-state index in [2.05, 4.69) is 15.9 Å². The highest BCUT2D eigenvalue weighted by Gasteiger charge is 2.21. The number of amides is 3. The fourth-order valence-electron chi connectivity index (χ4n) is 3.84. The number of rotatable bonds is 5. The summed E-state index contributed by atoms with van der Waals surface area (Å²) >= 11 is 0. The van der Waals surface area contributed by atoms with Gasteiger partial charge >= 0.3 is 6.03 Å². The molecule has 0 saturated carbocycles. The average molecular weight is 418 g/mol. The second-order valence-corrected chi connectivity index (χ2v) is 7.38. The van der Waals surface area contributed by atoms with E-state index < -0.39 is 6.03 Å². The summed E-state index contributed by atoms with van der Waals surface area (Å²) in [4.78, 5) is 40.0. The standard InChI is InChI=1S/C22H22N6O3/c1-13-16-12-27(2)11-8-14(16)19(20-18(13)15-6-4-5-7-17(15)25-20)21(29)23-9-10-24-22(30)28(3)26-31/h4-8,11-12H,9-10H2,1-3H3,(H,23,29)(H,24,30). The van der Waals surface area contributed by atoms with E-state index in [4.69, 9.17) is 4.98 Å². The summed E-state index contributed by atoms with van der Waals surface area (Å²) in [7, 11) is 3.19. The van der Waals surface area contributed by atoms with E-state index in [1.54, 1.807) is 0 Å². The number of pyridine rings is 1. The van der Waals surface area contributed by atoms with Gasteiger partial charge in [0.25, 0.3) is 5.91 Å². The van der Waals surface area contributed by atoms with Crippen LogP contribution in [0.15, 0.2) is 48.0 Å². The normalized spacial score (nSPS) is 11.1. The highest BCUT2D eigenvalue weighted by Crippen LogP contribution is 2.36. The van der Waals surface area contributed by atoms with Crippen LogP contribution in [0.2, 0.25) is 0 Å². The van der Waals surface area contributed by atoms with Crippen LogP contribution in [0.1, 0.15) is 15.9 Å². The Balaban J connectivity index is 1.75. The van der Waals surface area contributed by atoms with Crippen LogP contribution < -0.4 is 10.6 Å². The van der Waals surface area contributed by atoms with Crippen molar-refractivity contribution in [3.8, 4) is 0 Å². The second-order valence-electron chi connectivity index (χ2n) is 7.38. The van der Waals surface area contributed by atoms with Gasteiger partial charge in [0.15, 0.2) is 0 Å². The molecule has 0 aliphatic rings.